The van der Waals surface area contributed by atoms with E-state index in [-0.39, 0.29) is 4.90 Å². The van der Waals surface area contributed by atoms with E-state index in [1.807, 2.05) is 6.07 Å². The van der Waals surface area contributed by atoms with Crippen LogP contribution in [0.4, 0.5) is 5.69 Å². The van der Waals surface area contributed by atoms with E-state index in [1.54, 1.807) is 19.1 Å². The highest BCUT2D eigenvalue weighted by Crippen LogP contribution is 2.24. The summed E-state index contributed by atoms with van der Waals surface area (Å²) in [6, 6.07) is 15.7. The molecule has 0 saturated carbocycles. The van der Waals surface area contributed by atoms with Crippen molar-refractivity contribution in [1.29, 1.82) is 0 Å². The smallest absolute Gasteiger partial charge is 0.243 e. The van der Waals surface area contributed by atoms with Crippen LogP contribution in [-0.4, -0.2) is 56.3 Å². The molecule has 0 amide bonds. The van der Waals surface area contributed by atoms with E-state index in [2.05, 4.69) is 40.1 Å². The van der Waals surface area contributed by atoms with Gasteiger partial charge < -0.3 is 9.45 Å². The molecule has 3 rings (SSSR count). The minimum atomic E-state index is -3.89. The Labute approximate surface area is 189 Å². The van der Waals surface area contributed by atoms with Gasteiger partial charge in [0.25, 0.3) is 0 Å². The molecule has 1 unspecified atom stereocenters. The lowest BCUT2D eigenvalue weighted by atomic mass is 10.1. The summed E-state index contributed by atoms with van der Waals surface area (Å²) in [6.07, 6.45) is 4.01. The summed E-state index contributed by atoms with van der Waals surface area (Å²) < 4.78 is 36.0. The third-order valence-electron chi connectivity index (χ3n) is 5.76. The Bertz CT molecular complexity index is 930. The van der Waals surface area contributed by atoms with Gasteiger partial charge in [-0.1, -0.05) is 30.7 Å². The van der Waals surface area contributed by atoms with Crippen molar-refractivity contribution in [3.05, 3.63) is 54.1 Å². The lowest BCUT2D eigenvalue weighted by Gasteiger charge is -2.36. The van der Waals surface area contributed by atoms with E-state index >= 15 is 0 Å². The SMILES string of the molecule is CC[S+]([O-])c1ccc(CCCCCN2CCN(c3ccccc3)CC2)cc1S(N)(=O)=O. The molecule has 6 nitrogen and oxygen atoms in total. The van der Waals surface area contributed by atoms with E-state index in [9.17, 15) is 13.0 Å². The van der Waals surface area contributed by atoms with Crippen molar-refractivity contribution in [2.45, 2.75) is 42.4 Å². The van der Waals surface area contributed by atoms with Crippen LogP contribution in [0.25, 0.3) is 0 Å². The molecule has 1 heterocycles. The Kier molecular flexibility index (Phi) is 8.80. The molecule has 2 aromatic carbocycles. The van der Waals surface area contributed by atoms with E-state index in [0.29, 0.717) is 10.6 Å². The van der Waals surface area contributed by atoms with Crippen LogP contribution in [0.5, 0.6) is 0 Å². The van der Waals surface area contributed by atoms with Crippen LogP contribution in [0, 0.1) is 0 Å². The number of hydrogen-bond acceptors (Lipinski definition) is 5. The first-order valence-electron chi connectivity index (χ1n) is 10.9. The number of sulfonamides is 1. The Hall–Kier alpha value is -1.58. The van der Waals surface area contributed by atoms with Crippen LogP contribution in [0.2, 0.25) is 0 Å². The van der Waals surface area contributed by atoms with Crippen LogP contribution in [0.3, 0.4) is 0 Å². The van der Waals surface area contributed by atoms with E-state index in [1.165, 1.54) is 5.69 Å². The fourth-order valence-corrected chi connectivity index (χ4v) is 6.09. The molecule has 170 valence electrons. The molecule has 0 radical (unpaired) electrons. The molecular formula is C23H33N3O3S2. The lowest BCUT2D eigenvalue weighted by Crippen LogP contribution is -2.46. The molecule has 2 N–H and O–H groups in total. The maximum atomic E-state index is 12.1. The minimum absolute atomic E-state index is 0.00136. The van der Waals surface area contributed by atoms with E-state index in [4.69, 9.17) is 5.14 Å². The first-order valence-corrected chi connectivity index (χ1v) is 13.8. The fourth-order valence-electron chi connectivity index (χ4n) is 3.98. The summed E-state index contributed by atoms with van der Waals surface area (Å²) in [5, 5.41) is 5.35. The molecule has 31 heavy (non-hydrogen) atoms. The van der Waals surface area contributed by atoms with Gasteiger partial charge in [-0.05, 0) is 73.7 Å². The van der Waals surface area contributed by atoms with Crippen molar-refractivity contribution >= 4 is 26.9 Å². The van der Waals surface area contributed by atoms with Gasteiger partial charge in [0.2, 0.25) is 10.0 Å². The molecular weight excluding hydrogens is 430 g/mol. The monoisotopic (exact) mass is 463 g/mol. The number of piperazine rings is 1. The maximum Gasteiger partial charge on any atom is 0.243 e. The predicted octanol–water partition coefficient (Wildman–Crippen LogP) is 3.00. The second-order valence-electron chi connectivity index (χ2n) is 7.94. The standard InChI is InChI=1S/C23H33N3O3S2/c1-2-30(27)22-13-12-20(19-23(22)31(24,28)29)9-5-4-8-14-25-15-17-26(18-16-25)21-10-6-3-7-11-21/h3,6-7,10-13,19H,2,4-5,8-9,14-18H2,1H3,(H2,24,28,29). The van der Waals surface area contributed by atoms with Gasteiger partial charge in [0.15, 0.2) is 4.90 Å². The number of primary sulfonamides is 1. The topological polar surface area (TPSA) is 89.7 Å². The summed E-state index contributed by atoms with van der Waals surface area (Å²) in [6.45, 7) is 7.15. The van der Waals surface area contributed by atoms with Gasteiger partial charge in [-0.3, -0.25) is 4.90 Å². The quantitative estimate of drug-likeness (QED) is 0.432. The van der Waals surface area contributed by atoms with E-state index in [0.717, 1.165) is 64.0 Å². The average Bonchev–Trinajstić information content (AvgIpc) is 2.78. The highest BCUT2D eigenvalue weighted by molar-refractivity contribution is 7.93. The summed E-state index contributed by atoms with van der Waals surface area (Å²) in [5.74, 6) is 0.363. The maximum absolute atomic E-state index is 12.1. The molecule has 2 aromatic rings. The molecule has 1 atom stereocenters. The van der Waals surface area contributed by atoms with E-state index < -0.39 is 21.2 Å². The first kappa shape index (κ1) is 24.1. The zero-order valence-electron chi connectivity index (χ0n) is 18.2. The predicted molar refractivity (Wildman–Crippen MR) is 127 cm³/mol. The van der Waals surface area contributed by atoms with Crippen molar-refractivity contribution in [2.75, 3.05) is 43.4 Å². The van der Waals surface area contributed by atoms with Gasteiger partial charge >= 0.3 is 0 Å². The first-order chi connectivity index (χ1) is 14.9. The van der Waals surface area contributed by atoms with Gasteiger partial charge in [0.1, 0.15) is 10.6 Å². The summed E-state index contributed by atoms with van der Waals surface area (Å²) in [7, 11) is -3.89. The second-order valence-corrected chi connectivity index (χ2v) is 11.2. The van der Waals surface area contributed by atoms with Crippen molar-refractivity contribution in [1.82, 2.24) is 4.90 Å². The van der Waals surface area contributed by atoms with Crippen molar-refractivity contribution in [3.63, 3.8) is 0 Å². The number of benzene rings is 2. The third kappa shape index (κ3) is 6.95. The van der Waals surface area contributed by atoms with Crippen molar-refractivity contribution in [3.8, 4) is 0 Å². The van der Waals surface area contributed by atoms with Crippen LogP contribution in [-0.2, 0) is 27.6 Å². The molecule has 1 saturated heterocycles. The number of unbranched alkanes of at least 4 members (excludes halogenated alkanes) is 2. The average molecular weight is 464 g/mol. The van der Waals surface area contributed by atoms with Crippen LogP contribution in [0.1, 0.15) is 31.7 Å². The number of rotatable bonds is 10. The zero-order chi connectivity index (χ0) is 22.3. The van der Waals surface area contributed by atoms with Gasteiger partial charge in [-0.2, -0.15) is 0 Å². The number of nitrogens with zero attached hydrogens (tertiary/aromatic N) is 2. The Morgan fingerprint density at radius 3 is 2.35 bits per heavy atom. The van der Waals surface area contributed by atoms with Crippen LogP contribution < -0.4 is 10.0 Å². The largest absolute Gasteiger partial charge is 0.611 e. The number of aryl methyl sites for hydroxylation is 1. The molecule has 0 spiro atoms. The summed E-state index contributed by atoms with van der Waals surface area (Å²) in [5.41, 5.74) is 2.23. The van der Waals surface area contributed by atoms with Crippen LogP contribution in [0.15, 0.2) is 58.3 Å². The van der Waals surface area contributed by atoms with Gasteiger partial charge in [-0.25, -0.2) is 13.6 Å². The number of anilines is 1. The molecule has 0 aliphatic carbocycles. The molecule has 0 bridgehead atoms. The van der Waals surface area contributed by atoms with Crippen molar-refractivity contribution in [2.24, 2.45) is 5.14 Å². The highest BCUT2D eigenvalue weighted by atomic mass is 32.2. The fraction of sp³-hybridized carbons (Fsp3) is 0.478. The summed E-state index contributed by atoms with van der Waals surface area (Å²) >= 11 is -1.35. The number of para-hydroxylation sites is 1. The van der Waals surface area contributed by atoms with Crippen molar-refractivity contribution < 1.29 is 13.0 Å². The molecule has 1 aliphatic heterocycles. The van der Waals surface area contributed by atoms with Gasteiger partial charge in [0.05, 0.1) is 0 Å². The third-order valence-corrected chi connectivity index (χ3v) is 8.21. The molecule has 1 fully saturated rings. The zero-order valence-corrected chi connectivity index (χ0v) is 19.8. The van der Waals surface area contributed by atoms with Crippen LogP contribution >= 0.6 is 0 Å². The highest BCUT2D eigenvalue weighted by Gasteiger charge is 2.23. The molecule has 1 aliphatic rings. The lowest BCUT2D eigenvalue weighted by molar-refractivity contribution is 0.252. The number of nitrogens with two attached hydrogens (primary N) is 1. The molecule has 0 aromatic heterocycles. The Morgan fingerprint density at radius 1 is 1.00 bits per heavy atom. The van der Waals surface area contributed by atoms with Gasteiger partial charge in [0, 0.05) is 31.9 Å². The normalized spacial score (nSPS) is 16.4. The minimum Gasteiger partial charge on any atom is -0.611 e. The number of hydrogen-bond donors (Lipinski definition) is 1. The second kappa shape index (κ2) is 11.3. The van der Waals surface area contributed by atoms with Gasteiger partial charge in [-0.15, -0.1) is 0 Å². The summed E-state index contributed by atoms with van der Waals surface area (Å²) in [4.78, 5) is 5.27. The Morgan fingerprint density at radius 2 is 1.71 bits per heavy atom. The molecule has 8 heteroatoms. The Balaban J connectivity index is 1.41.